The van der Waals surface area contributed by atoms with Crippen molar-refractivity contribution in [2.24, 2.45) is 0 Å². The van der Waals surface area contributed by atoms with Crippen molar-refractivity contribution in [3.05, 3.63) is 55.4 Å². The Morgan fingerprint density at radius 2 is 1.50 bits per heavy atom. The highest BCUT2D eigenvalue weighted by Crippen LogP contribution is 2.37. The van der Waals surface area contributed by atoms with Crippen molar-refractivity contribution in [2.75, 3.05) is 0 Å². The van der Waals surface area contributed by atoms with Crippen LogP contribution in [-0.2, 0) is 0 Å². The number of fused-ring (bicyclic) bond motifs is 3. The molecular formula is C14H6Br2Cl2. The van der Waals surface area contributed by atoms with Crippen LogP contribution in [0, 0.1) is 0 Å². The van der Waals surface area contributed by atoms with Crippen LogP contribution in [-0.4, -0.2) is 0 Å². The van der Waals surface area contributed by atoms with Gasteiger partial charge in [-0.25, -0.2) is 0 Å². The van der Waals surface area contributed by atoms with Crippen LogP contribution in [0.3, 0.4) is 0 Å². The van der Waals surface area contributed by atoms with E-state index in [9.17, 15) is 0 Å². The largest absolute Gasteiger partial charge is 0.0836 e. The molecule has 0 heterocycles. The van der Waals surface area contributed by atoms with E-state index >= 15 is 0 Å². The third kappa shape index (κ3) is 2.05. The Morgan fingerprint density at radius 3 is 2.28 bits per heavy atom. The number of rotatable bonds is 0. The summed E-state index contributed by atoms with van der Waals surface area (Å²) in [5, 5.41) is 5.73. The molecule has 0 unspecified atom stereocenters. The summed E-state index contributed by atoms with van der Waals surface area (Å²) in [6, 6.07) is 12.0. The lowest BCUT2D eigenvalue weighted by Gasteiger charge is -2.08. The molecule has 0 saturated heterocycles. The molecule has 0 nitrogen and oxygen atoms in total. The third-order valence-electron chi connectivity index (χ3n) is 2.89. The fraction of sp³-hybridized carbons (Fsp3) is 0. The van der Waals surface area contributed by atoms with Gasteiger partial charge in [0.05, 0.1) is 10.0 Å². The van der Waals surface area contributed by atoms with Gasteiger partial charge in [0.2, 0.25) is 0 Å². The topological polar surface area (TPSA) is 0 Å². The van der Waals surface area contributed by atoms with Gasteiger partial charge in [0.15, 0.2) is 0 Å². The van der Waals surface area contributed by atoms with Crippen LogP contribution in [0.2, 0.25) is 10.0 Å². The first-order valence-electron chi connectivity index (χ1n) is 5.23. The maximum Gasteiger partial charge on any atom is 0.0554 e. The van der Waals surface area contributed by atoms with Gasteiger partial charge in [0.1, 0.15) is 0 Å². The molecule has 0 N–H and O–H groups in total. The number of hydrogen-bond donors (Lipinski definition) is 0. The highest BCUT2D eigenvalue weighted by atomic mass is 79.9. The maximum atomic E-state index is 6.35. The normalized spacial score (nSPS) is 11.3. The highest BCUT2D eigenvalue weighted by molar-refractivity contribution is 9.10. The van der Waals surface area contributed by atoms with E-state index in [-0.39, 0.29) is 0 Å². The van der Waals surface area contributed by atoms with Gasteiger partial charge in [0, 0.05) is 14.3 Å². The fourth-order valence-electron chi connectivity index (χ4n) is 2.11. The van der Waals surface area contributed by atoms with Gasteiger partial charge in [0.25, 0.3) is 0 Å². The number of hydrogen-bond acceptors (Lipinski definition) is 0. The van der Waals surface area contributed by atoms with Gasteiger partial charge in [-0.05, 0) is 56.4 Å². The Balaban J connectivity index is 2.56. The smallest absolute Gasteiger partial charge is 0.0554 e. The van der Waals surface area contributed by atoms with Gasteiger partial charge >= 0.3 is 0 Å². The Labute approximate surface area is 131 Å². The van der Waals surface area contributed by atoms with Gasteiger partial charge < -0.3 is 0 Å². The first-order chi connectivity index (χ1) is 8.56. The summed E-state index contributed by atoms with van der Waals surface area (Å²) >= 11 is 19.4. The molecule has 3 rings (SSSR count). The van der Waals surface area contributed by atoms with E-state index in [0.717, 1.165) is 35.5 Å². The molecule has 0 amide bonds. The molecule has 0 saturated carbocycles. The Kier molecular flexibility index (Phi) is 3.31. The molecule has 0 aliphatic heterocycles. The maximum absolute atomic E-state index is 6.35. The molecule has 90 valence electrons. The van der Waals surface area contributed by atoms with Crippen molar-refractivity contribution >= 4 is 76.6 Å². The summed E-state index contributed by atoms with van der Waals surface area (Å²) in [5.41, 5.74) is 0. The molecule has 0 aromatic heterocycles. The highest BCUT2D eigenvalue weighted by Gasteiger charge is 2.08. The van der Waals surface area contributed by atoms with E-state index in [1.54, 1.807) is 0 Å². The lowest BCUT2D eigenvalue weighted by atomic mass is 10.0. The van der Waals surface area contributed by atoms with Crippen LogP contribution in [0.1, 0.15) is 0 Å². The summed E-state index contributed by atoms with van der Waals surface area (Å²) < 4.78 is 1.87. The molecule has 0 aliphatic carbocycles. The van der Waals surface area contributed by atoms with E-state index in [1.165, 1.54) is 0 Å². The van der Waals surface area contributed by atoms with Crippen molar-refractivity contribution in [1.29, 1.82) is 0 Å². The monoisotopic (exact) mass is 402 g/mol. The fourth-order valence-corrected chi connectivity index (χ4v) is 3.57. The van der Waals surface area contributed by atoms with Gasteiger partial charge in [-0.2, -0.15) is 0 Å². The molecule has 0 radical (unpaired) electrons. The standard InChI is InChI=1S/C14H6Br2Cl2/c15-9-3-8-2-1-7-4-11(16)12(17)6-10(7)14(8)13(18)5-9/h1-6H. The van der Waals surface area contributed by atoms with Crippen molar-refractivity contribution in [2.45, 2.75) is 0 Å². The summed E-state index contributed by atoms with van der Waals surface area (Å²) in [7, 11) is 0. The lowest BCUT2D eigenvalue weighted by molar-refractivity contribution is 1.70. The van der Waals surface area contributed by atoms with E-state index in [0.29, 0.717) is 5.02 Å². The molecular weight excluding hydrogens is 399 g/mol. The Hall–Kier alpha value is -0.280. The van der Waals surface area contributed by atoms with Crippen LogP contribution in [0.4, 0.5) is 0 Å². The van der Waals surface area contributed by atoms with Crippen LogP contribution in [0.5, 0.6) is 0 Å². The number of halogens is 4. The molecule has 3 aromatic carbocycles. The molecule has 0 fully saturated rings. The minimum atomic E-state index is 0.689. The second-order valence-corrected chi connectivity index (χ2v) is 6.62. The summed E-state index contributed by atoms with van der Waals surface area (Å²) in [5.74, 6) is 0. The van der Waals surface area contributed by atoms with Gasteiger partial charge in [-0.3, -0.25) is 0 Å². The lowest BCUT2D eigenvalue weighted by Crippen LogP contribution is -1.81. The minimum Gasteiger partial charge on any atom is -0.0836 e. The Bertz CT molecular complexity index is 782. The van der Waals surface area contributed by atoms with Crippen molar-refractivity contribution in [3.8, 4) is 0 Å². The van der Waals surface area contributed by atoms with Crippen molar-refractivity contribution < 1.29 is 0 Å². The van der Waals surface area contributed by atoms with Crippen LogP contribution in [0.15, 0.2) is 45.3 Å². The quantitative estimate of drug-likeness (QED) is 0.360. The minimum absolute atomic E-state index is 0.689. The summed E-state index contributed by atoms with van der Waals surface area (Å²) in [4.78, 5) is 0. The molecule has 3 aromatic rings. The van der Waals surface area contributed by atoms with Crippen molar-refractivity contribution in [3.63, 3.8) is 0 Å². The zero-order chi connectivity index (χ0) is 12.9. The molecule has 0 bridgehead atoms. The average molecular weight is 405 g/mol. The van der Waals surface area contributed by atoms with Crippen LogP contribution >= 0.6 is 55.1 Å². The van der Waals surface area contributed by atoms with E-state index in [4.69, 9.17) is 23.2 Å². The second kappa shape index (κ2) is 4.68. The molecule has 0 spiro atoms. The predicted molar refractivity (Wildman–Crippen MR) is 86.9 cm³/mol. The van der Waals surface area contributed by atoms with Crippen molar-refractivity contribution in [1.82, 2.24) is 0 Å². The first kappa shape index (κ1) is 12.7. The van der Waals surface area contributed by atoms with Crippen LogP contribution in [0.25, 0.3) is 21.5 Å². The van der Waals surface area contributed by atoms with E-state index in [2.05, 4.69) is 50.1 Å². The predicted octanol–water partition coefficient (Wildman–Crippen LogP) is 6.82. The SMILES string of the molecule is Clc1cc2c(ccc3cc(Br)cc(Cl)c32)cc1Br. The summed E-state index contributed by atoms with van der Waals surface area (Å²) in [6.07, 6.45) is 0. The zero-order valence-corrected chi connectivity index (χ0v) is 13.7. The second-order valence-electron chi connectivity index (χ2n) is 4.04. The third-order valence-corrected chi connectivity index (χ3v) is 4.84. The van der Waals surface area contributed by atoms with E-state index in [1.807, 2.05) is 18.2 Å². The van der Waals surface area contributed by atoms with E-state index < -0.39 is 0 Å². The Morgan fingerprint density at radius 1 is 0.778 bits per heavy atom. The first-order valence-corrected chi connectivity index (χ1v) is 7.57. The van der Waals surface area contributed by atoms with Gasteiger partial charge in [-0.1, -0.05) is 51.3 Å². The molecule has 0 atom stereocenters. The summed E-state index contributed by atoms with van der Waals surface area (Å²) in [6.45, 7) is 0. The van der Waals surface area contributed by atoms with Crippen LogP contribution < -0.4 is 0 Å². The molecule has 18 heavy (non-hydrogen) atoms. The average Bonchev–Trinajstić information content (AvgIpc) is 2.30. The zero-order valence-electron chi connectivity index (χ0n) is 8.98. The molecule has 4 heteroatoms. The van der Waals surface area contributed by atoms with Gasteiger partial charge in [-0.15, -0.1) is 0 Å². The molecule has 0 aliphatic rings. The number of benzene rings is 3.